The number of hydrogen-bond donors (Lipinski definition) is 2. The van der Waals surface area contributed by atoms with Gasteiger partial charge < -0.3 is 10.7 Å². The van der Waals surface area contributed by atoms with Crippen molar-refractivity contribution in [3.8, 4) is 11.3 Å². The molecular weight excluding hydrogens is 444 g/mol. The Morgan fingerprint density at radius 2 is 2.09 bits per heavy atom. The molecule has 1 amide bonds. The molecule has 7 nitrogen and oxygen atoms in total. The van der Waals surface area contributed by atoms with Crippen LogP contribution in [0.2, 0.25) is 0 Å². The fraction of sp³-hybridized carbons (Fsp3) is 0.500. The van der Waals surface area contributed by atoms with Gasteiger partial charge in [0, 0.05) is 22.0 Å². The molecule has 1 spiro atoms. The first-order valence-corrected chi connectivity index (χ1v) is 13.0. The summed E-state index contributed by atoms with van der Waals surface area (Å²) in [5, 5.41) is 5.79. The summed E-state index contributed by atoms with van der Waals surface area (Å²) in [6, 6.07) is 2.22. The Morgan fingerprint density at radius 1 is 1.32 bits per heavy atom. The van der Waals surface area contributed by atoms with Crippen molar-refractivity contribution >= 4 is 33.1 Å². The van der Waals surface area contributed by atoms with Crippen LogP contribution in [0.25, 0.3) is 27.1 Å². The Bertz CT molecular complexity index is 1420. The third-order valence-electron chi connectivity index (χ3n) is 8.12. The maximum atomic E-state index is 11.3. The molecule has 0 radical (unpaired) electrons. The highest BCUT2D eigenvalue weighted by molar-refractivity contribution is 7.19. The topological polar surface area (TPSA) is 92.3 Å². The van der Waals surface area contributed by atoms with Gasteiger partial charge >= 0.3 is 0 Å². The molecule has 1 unspecified atom stereocenters. The predicted molar refractivity (Wildman–Crippen MR) is 136 cm³/mol. The van der Waals surface area contributed by atoms with Crippen LogP contribution in [0.4, 0.5) is 0 Å². The molecule has 1 aliphatic carbocycles. The minimum Gasteiger partial charge on any atom is -0.369 e. The van der Waals surface area contributed by atoms with E-state index < -0.39 is 0 Å². The normalized spacial score (nSPS) is 20.2. The van der Waals surface area contributed by atoms with Gasteiger partial charge in [-0.15, -0.1) is 11.3 Å². The number of rotatable bonds is 5. The van der Waals surface area contributed by atoms with Gasteiger partial charge in [-0.05, 0) is 86.2 Å². The van der Waals surface area contributed by atoms with E-state index in [1.54, 1.807) is 11.2 Å². The van der Waals surface area contributed by atoms with Gasteiger partial charge in [0.05, 0.1) is 12.2 Å². The SMILES string of the molecule is Cc1c(C2CC23CCN(CC(N)=O)CC3)sc2[nH]c(-c3cc(C)c4ncnn4c3)c(C(C)C)c12. The Balaban J connectivity index is 1.35. The van der Waals surface area contributed by atoms with E-state index in [4.69, 9.17) is 5.73 Å². The van der Waals surface area contributed by atoms with Crippen LogP contribution in [0, 0.1) is 19.3 Å². The molecule has 178 valence electrons. The summed E-state index contributed by atoms with van der Waals surface area (Å²) in [6.45, 7) is 11.3. The number of primary amides is 1. The van der Waals surface area contributed by atoms with Crippen molar-refractivity contribution in [2.45, 2.75) is 58.8 Å². The molecule has 4 aromatic heterocycles. The van der Waals surface area contributed by atoms with E-state index in [9.17, 15) is 4.79 Å². The van der Waals surface area contributed by atoms with E-state index in [1.807, 2.05) is 15.9 Å². The summed E-state index contributed by atoms with van der Waals surface area (Å²) >= 11 is 1.95. The summed E-state index contributed by atoms with van der Waals surface area (Å²) in [5.74, 6) is 0.829. The summed E-state index contributed by atoms with van der Waals surface area (Å²) in [4.78, 5) is 24.5. The lowest BCUT2D eigenvalue weighted by atomic mass is 9.89. The van der Waals surface area contributed by atoms with Crippen LogP contribution in [0.15, 0.2) is 18.6 Å². The summed E-state index contributed by atoms with van der Waals surface area (Å²) < 4.78 is 1.88. The van der Waals surface area contributed by atoms with Crippen LogP contribution in [0.5, 0.6) is 0 Å². The first-order valence-electron chi connectivity index (χ1n) is 12.2. The van der Waals surface area contributed by atoms with E-state index in [1.165, 1.54) is 33.5 Å². The van der Waals surface area contributed by atoms with Gasteiger partial charge in [0.25, 0.3) is 0 Å². The van der Waals surface area contributed by atoms with Crippen LogP contribution in [0.3, 0.4) is 0 Å². The maximum Gasteiger partial charge on any atom is 0.231 e. The molecule has 2 aliphatic rings. The monoisotopic (exact) mass is 476 g/mol. The lowest BCUT2D eigenvalue weighted by Crippen LogP contribution is -2.40. The fourth-order valence-corrected chi connectivity index (χ4v) is 7.73. The van der Waals surface area contributed by atoms with Gasteiger partial charge in [0.15, 0.2) is 5.65 Å². The molecule has 5 heterocycles. The second-order valence-corrected chi connectivity index (χ2v) is 11.7. The van der Waals surface area contributed by atoms with Gasteiger partial charge in [-0.3, -0.25) is 9.69 Å². The number of nitrogens with zero attached hydrogens (tertiary/aromatic N) is 4. The molecule has 0 aromatic carbocycles. The molecular formula is C26H32N6OS. The first-order chi connectivity index (χ1) is 16.3. The van der Waals surface area contributed by atoms with E-state index in [-0.39, 0.29) is 5.91 Å². The van der Waals surface area contributed by atoms with Crippen molar-refractivity contribution in [2.24, 2.45) is 11.1 Å². The third-order valence-corrected chi connectivity index (χ3v) is 9.44. The average Bonchev–Trinajstić information content (AvgIpc) is 3.13. The molecule has 1 atom stereocenters. The zero-order valence-corrected chi connectivity index (χ0v) is 21.1. The number of piperidine rings is 1. The number of pyridine rings is 1. The number of thiophene rings is 1. The highest BCUT2D eigenvalue weighted by atomic mass is 32.1. The number of carbonyl (C=O) groups excluding carboxylic acids is 1. The van der Waals surface area contributed by atoms with Gasteiger partial charge in [0.2, 0.25) is 5.91 Å². The Hall–Kier alpha value is -2.71. The first kappa shape index (κ1) is 21.8. The second-order valence-electron chi connectivity index (χ2n) is 10.7. The molecule has 4 aromatic rings. The zero-order valence-electron chi connectivity index (χ0n) is 20.3. The van der Waals surface area contributed by atoms with Crippen molar-refractivity contribution in [3.63, 3.8) is 0 Å². The van der Waals surface area contributed by atoms with Crippen molar-refractivity contribution in [2.75, 3.05) is 19.6 Å². The molecule has 1 aliphatic heterocycles. The number of H-pyrrole nitrogens is 1. The van der Waals surface area contributed by atoms with Gasteiger partial charge in [0.1, 0.15) is 11.2 Å². The second kappa shape index (κ2) is 7.65. The molecule has 3 N–H and O–H groups in total. The summed E-state index contributed by atoms with van der Waals surface area (Å²) in [6.07, 6.45) is 7.30. The molecule has 1 saturated carbocycles. The molecule has 8 heteroatoms. The minimum atomic E-state index is -0.220. The van der Waals surface area contributed by atoms with Gasteiger partial charge in [-0.25, -0.2) is 9.50 Å². The van der Waals surface area contributed by atoms with Crippen LogP contribution in [-0.4, -0.2) is 50.0 Å². The van der Waals surface area contributed by atoms with E-state index >= 15 is 0 Å². The number of nitrogens with two attached hydrogens (primary N) is 1. The van der Waals surface area contributed by atoms with Crippen molar-refractivity contribution < 1.29 is 4.79 Å². The molecule has 2 fully saturated rings. The van der Waals surface area contributed by atoms with Crippen LogP contribution in [-0.2, 0) is 4.79 Å². The molecule has 1 saturated heterocycles. The summed E-state index contributed by atoms with van der Waals surface area (Å²) in [5.41, 5.74) is 13.1. The van der Waals surface area contributed by atoms with Crippen LogP contribution < -0.4 is 5.73 Å². The maximum absolute atomic E-state index is 11.3. The lowest BCUT2D eigenvalue weighted by molar-refractivity contribution is -0.119. The zero-order chi connectivity index (χ0) is 23.8. The number of hydrogen-bond acceptors (Lipinski definition) is 5. The molecule has 0 bridgehead atoms. The van der Waals surface area contributed by atoms with Gasteiger partial charge in [-0.1, -0.05) is 13.8 Å². The highest BCUT2D eigenvalue weighted by Gasteiger charge is 2.56. The fourth-order valence-electron chi connectivity index (χ4n) is 6.27. The van der Waals surface area contributed by atoms with E-state index in [0.717, 1.165) is 42.7 Å². The number of carbonyl (C=O) groups is 1. The average molecular weight is 477 g/mol. The van der Waals surface area contributed by atoms with E-state index in [2.05, 4.69) is 59.9 Å². The van der Waals surface area contributed by atoms with Crippen molar-refractivity contribution in [1.29, 1.82) is 0 Å². The largest absolute Gasteiger partial charge is 0.369 e. The van der Waals surface area contributed by atoms with Crippen molar-refractivity contribution in [1.82, 2.24) is 24.5 Å². The highest BCUT2D eigenvalue weighted by Crippen LogP contribution is 2.67. The summed E-state index contributed by atoms with van der Waals surface area (Å²) in [7, 11) is 0. The van der Waals surface area contributed by atoms with Crippen LogP contribution in [0.1, 0.15) is 66.5 Å². The Morgan fingerprint density at radius 3 is 2.79 bits per heavy atom. The number of aryl methyl sites for hydroxylation is 2. The standard InChI is InChI=1S/C26H32N6OS/c1-14(2)20-21-16(4)23(18-10-26(18)5-7-31(8-6-26)12-19(27)33)34-25(21)30-22(20)17-9-15(3)24-28-13-29-32(24)11-17/h9,11,13-14,18,30H,5-8,10,12H2,1-4H3,(H2,27,33). The Kier molecular flexibility index (Phi) is 4.90. The molecule has 34 heavy (non-hydrogen) atoms. The quantitative estimate of drug-likeness (QED) is 0.435. The number of amides is 1. The lowest BCUT2D eigenvalue weighted by Gasteiger charge is -2.32. The molecule has 6 rings (SSSR count). The number of fused-ring (bicyclic) bond motifs is 2. The Labute approximate surface area is 203 Å². The number of likely N-dealkylation sites (tertiary alicyclic amines) is 1. The van der Waals surface area contributed by atoms with Gasteiger partial charge in [-0.2, -0.15) is 5.10 Å². The van der Waals surface area contributed by atoms with Crippen LogP contribution >= 0.6 is 11.3 Å². The predicted octanol–water partition coefficient (Wildman–Crippen LogP) is 4.73. The van der Waals surface area contributed by atoms with E-state index in [0.29, 0.717) is 23.8 Å². The minimum absolute atomic E-state index is 0.220. The number of aromatic amines is 1. The number of nitrogens with one attached hydrogen (secondary N) is 1. The third kappa shape index (κ3) is 3.30. The number of aromatic nitrogens is 4. The van der Waals surface area contributed by atoms with Crippen molar-refractivity contribution in [3.05, 3.63) is 40.2 Å². The smallest absolute Gasteiger partial charge is 0.231 e.